The Bertz CT molecular complexity index is 790. The molecule has 1 saturated heterocycles. The van der Waals surface area contributed by atoms with E-state index >= 15 is 0 Å². The first kappa shape index (κ1) is 22.4. The van der Waals surface area contributed by atoms with Crippen molar-refractivity contribution in [2.45, 2.75) is 38.9 Å². The topological polar surface area (TPSA) is 110 Å². The maximum atomic E-state index is 12.9. The Morgan fingerprint density at radius 2 is 1.90 bits per heavy atom. The van der Waals surface area contributed by atoms with Gasteiger partial charge in [-0.05, 0) is 38.8 Å². The summed E-state index contributed by atoms with van der Waals surface area (Å²) < 4.78 is 38.6. The number of nitro groups is 1. The van der Waals surface area contributed by atoms with E-state index < -0.39 is 28.3 Å². The van der Waals surface area contributed by atoms with Gasteiger partial charge in [0.05, 0.1) is 17.0 Å². The molecule has 8 nitrogen and oxygen atoms in total. The summed E-state index contributed by atoms with van der Waals surface area (Å²) in [7, 11) is 0. The first-order valence-electron chi connectivity index (χ1n) is 9.11. The monoisotopic (exact) mass is 416 g/mol. The summed E-state index contributed by atoms with van der Waals surface area (Å²) in [5, 5.41) is 11.3. The summed E-state index contributed by atoms with van der Waals surface area (Å²) in [5.74, 6) is -1.23. The summed E-state index contributed by atoms with van der Waals surface area (Å²) in [5.41, 5.74) is 3.58. The van der Waals surface area contributed by atoms with Gasteiger partial charge in [0, 0.05) is 31.1 Å². The van der Waals surface area contributed by atoms with Crippen LogP contribution in [0.15, 0.2) is 18.2 Å². The van der Waals surface area contributed by atoms with Crippen LogP contribution in [0.3, 0.4) is 0 Å². The smallest absolute Gasteiger partial charge is 0.368 e. The molecular weight excluding hydrogens is 393 g/mol. The van der Waals surface area contributed by atoms with E-state index in [0.717, 1.165) is 12.1 Å². The van der Waals surface area contributed by atoms with Crippen LogP contribution in [0.4, 0.5) is 24.5 Å². The first-order valence-corrected chi connectivity index (χ1v) is 9.11. The number of primary amides is 1. The van der Waals surface area contributed by atoms with Gasteiger partial charge in [0.1, 0.15) is 5.69 Å². The minimum Gasteiger partial charge on any atom is -0.368 e. The molecule has 2 N–H and O–H groups in total. The molecule has 1 aliphatic heterocycles. The normalized spacial score (nSPS) is 15.4. The predicted molar refractivity (Wildman–Crippen MR) is 99.1 cm³/mol. The molecule has 0 atom stereocenters. The van der Waals surface area contributed by atoms with E-state index in [2.05, 4.69) is 0 Å². The molecule has 0 aromatic heterocycles. The van der Waals surface area contributed by atoms with Gasteiger partial charge in [-0.2, -0.15) is 13.2 Å². The Morgan fingerprint density at radius 3 is 2.34 bits per heavy atom. The van der Waals surface area contributed by atoms with E-state index in [4.69, 9.17) is 5.73 Å². The molecule has 160 valence electrons. The van der Waals surface area contributed by atoms with Crippen molar-refractivity contribution in [1.29, 1.82) is 0 Å². The van der Waals surface area contributed by atoms with E-state index in [9.17, 15) is 32.9 Å². The molecule has 2 rings (SSSR count). The van der Waals surface area contributed by atoms with Crippen molar-refractivity contribution in [2.24, 2.45) is 11.7 Å². The van der Waals surface area contributed by atoms with Crippen LogP contribution in [0, 0.1) is 16.0 Å². The molecular formula is C18H23F3N4O4. The van der Waals surface area contributed by atoms with Crippen molar-refractivity contribution >= 4 is 23.2 Å². The third kappa shape index (κ3) is 5.36. The van der Waals surface area contributed by atoms with Crippen LogP contribution in [0.5, 0.6) is 0 Å². The van der Waals surface area contributed by atoms with Gasteiger partial charge in [0.25, 0.3) is 5.69 Å². The summed E-state index contributed by atoms with van der Waals surface area (Å²) in [6.45, 7) is 3.88. The third-order valence-corrected chi connectivity index (χ3v) is 4.92. The fraction of sp³-hybridized carbons (Fsp3) is 0.556. The highest BCUT2D eigenvalue weighted by molar-refractivity contribution is 5.85. The largest absolute Gasteiger partial charge is 0.416 e. The summed E-state index contributed by atoms with van der Waals surface area (Å²) in [6.07, 6.45) is -3.96. The molecule has 0 spiro atoms. The number of benzene rings is 1. The van der Waals surface area contributed by atoms with E-state index in [1.165, 1.54) is 4.90 Å². The van der Waals surface area contributed by atoms with Gasteiger partial charge in [-0.1, -0.05) is 0 Å². The molecule has 0 aliphatic carbocycles. The van der Waals surface area contributed by atoms with Crippen LogP contribution in [0.25, 0.3) is 0 Å². The molecule has 2 amide bonds. The van der Waals surface area contributed by atoms with Crippen molar-refractivity contribution < 1.29 is 27.7 Å². The first-order chi connectivity index (χ1) is 13.4. The molecule has 0 unspecified atom stereocenters. The molecule has 0 bridgehead atoms. The van der Waals surface area contributed by atoms with Gasteiger partial charge in [-0.3, -0.25) is 19.7 Å². The Hall–Kier alpha value is -2.85. The van der Waals surface area contributed by atoms with Crippen LogP contribution < -0.4 is 10.6 Å². The zero-order valence-corrected chi connectivity index (χ0v) is 16.1. The number of nitro benzene ring substituents is 1. The van der Waals surface area contributed by atoms with E-state index in [1.54, 1.807) is 18.7 Å². The van der Waals surface area contributed by atoms with Crippen LogP contribution in [0.2, 0.25) is 0 Å². The number of rotatable bonds is 6. The fourth-order valence-corrected chi connectivity index (χ4v) is 3.40. The highest BCUT2D eigenvalue weighted by Crippen LogP contribution is 2.37. The van der Waals surface area contributed by atoms with Gasteiger partial charge in [0.2, 0.25) is 11.8 Å². The lowest BCUT2D eigenvalue weighted by Gasteiger charge is -2.36. The number of alkyl halides is 3. The lowest BCUT2D eigenvalue weighted by molar-refractivity contribution is -0.384. The minimum atomic E-state index is -4.68. The maximum Gasteiger partial charge on any atom is 0.416 e. The number of carbonyl (C=O) groups excluding carboxylic acids is 2. The highest BCUT2D eigenvalue weighted by atomic mass is 19.4. The van der Waals surface area contributed by atoms with E-state index in [1.807, 2.05) is 0 Å². The molecule has 1 aromatic rings. The molecule has 11 heteroatoms. The van der Waals surface area contributed by atoms with Gasteiger partial charge >= 0.3 is 6.18 Å². The Balaban J connectivity index is 2.15. The van der Waals surface area contributed by atoms with Crippen molar-refractivity contribution in [2.75, 3.05) is 24.5 Å². The SMILES string of the molecule is CC(C)N(CC(N)=O)C(=O)C1CCN(c2ccc(C(F)(F)F)cc2[N+](=O)[O-])CC1. The standard InChI is InChI=1S/C18H23F3N4O4/c1-11(2)24(10-16(22)26)17(27)12-5-7-23(8-6-12)14-4-3-13(18(19,20)21)9-15(14)25(28)29/h3-4,9,11-12H,5-8,10H2,1-2H3,(H2,22,26). The van der Waals surface area contributed by atoms with Crippen LogP contribution >= 0.6 is 0 Å². The van der Waals surface area contributed by atoms with Crippen molar-refractivity contribution in [3.8, 4) is 0 Å². The maximum absolute atomic E-state index is 12.9. The second-order valence-electron chi connectivity index (χ2n) is 7.25. The summed E-state index contributed by atoms with van der Waals surface area (Å²) in [4.78, 5) is 37.4. The second-order valence-corrected chi connectivity index (χ2v) is 7.25. The van der Waals surface area contributed by atoms with Gasteiger partial charge in [-0.15, -0.1) is 0 Å². The van der Waals surface area contributed by atoms with Crippen molar-refractivity contribution in [3.05, 3.63) is 33.9 Å². The number of anilines is 1. The zero-order chi connectivity index (χ0) is 21.9. The van der Waals surface area contributed by atoms with Gasteiger partial charge in [-0.25, -0.2) is 0 Å². The molecule has 1 aliphatic rings. The van der Waals surface area contributed by atoms with Gasteiger partial charge < -0.3 is 15.5 Å². The third-order valence-electron chi connectivity index (χ3n) is 4.92. The number of nitrogens with two attached hydrogens (primary N) is 1. The molecule has 0 saturated carbocycles. The van der Waals surface area contributed by atoms with E-state index in [0.29, 0.717) is 18.9 Å². The Morgan fingerprint density at radius 1 is 1.31 bits per heavy atom. The Labute approximate surface area is 165 Å². The highest BCUT2D eigenvalue weighted by Gasteiger charge is 2.35. The quantitative estimate of drug-likeness (QED) is 0.566. The van der Waals surface area contributed by atoms with Crippen LogP contribution in [-0.4, -0.2) is 47.3 Å². The number of hydrogen-bond donors (Lipinski definition) is 1. The fourth-order valence-electron chi connectivity index (χ4n) is 3.40. The van der Waals surface area contributed by atoms with Crippen LogP contribution in [0.1, 0.15) is 32.3 Å². The van der Waals surface area contributed by atoms with Crippen LogP contribution in [-0.2, 0) is 15.8 Å². The molecule has 1 heterocycles. The van der Waals surface area contributed by atoms with E-state index in [-0.39, 0.29) is 43.2 Å². The van der Waals surface area contributed by atoms with Crippen molar-refractivity contribution in [3.63, 3.8) is 0 Å². The Kier molecular flexibility index (Phi) is 6.70. The molecule has 1 fully saturated rings. The average Bonchev–Trinajstić information content (AvgIpc) is 2.64. The average molecular weight is 416 g/mol. The second kappa shape index (κ2) is 8.66. The number of piperidine rings is 1. The summed E-state index contributed by atoms with van der Waals surface area (Å²) >= 11 is 0. The predicted octanol–water partition coefficient (Wildman–Crippen LogP) is 2.55. The molecule has 0 radical (unpaired) electrons. The molecule has 1 aromatic carbocycles. The number of halogens is 3. The molecule has 29 heavy (non-hydrogen) atoms. The lowest BCUT2D eigenvalue weighted by atomic mass is 9.94. The summed E-state index contributed by atoms with van der Waals surface area (Å²) in [6, 6.07) is 2.22. The number of hydrogen-bond acceptors (Lipinski definition) is 5. The number of nitrogens with zero attached hydrogens (tertiary/aromatic N) is 3. The lowest BCUT2D eigenvalue weighted by Crippen LogP contribution is -2.48. The van der Waals surface area contributed by atoms with Gasteiger partial charge in [0.15, 0.2) is 0 Å². The van der Waals surface area contributed by atoms with Crippen molar-refractivity contribution in [1.82, 2.24) is 4.90 Å². The number of carbonyl (C=O) groups is 2. The zero-order valence-electron chi connectivity index (χ0n) is 16.1. The number of amides is 2. The minimum absolute atomic E-state index is 0.0896.